The van der Waals surface area contributed by atoms with Crippen molar-refractivity contribution in [3.63, 3.8) is 0 Å². The molecule has 0 aliphatic rings. The molecule has 0 saturated carbocycles. The molecule has 14 heavy (non-hydrogen) atoms. The molecule has 0 fully saturated rings. The number of fused-ring (bicyclic) bond motifs is 1. The summed E-state index contributed by atoms with van der Waals surface area (Å²) in [6.45, 7) is 0. The molecule has 0 unspecified atom stereocenters. The Balaban J connectivity index is 2.18. The van der Waals surface area contributed by atoms with Crippen LogP contribution in [0.3, 0.4) is 0 Å². The highest BCUT2D eigenvalue weighted by atomic mass is 32.1. The Morgan fingerprint density at radius 1 is 1.21 bits per heavy atom. The molecule has 2 N–H and O–H groups in total. The minimum atomic E-state index is 0.636. The van der Waals surface area contributed by atoms with Gasteiger partial charge in [-0.3, -0.25) is 0 Å². The Morgan fingerprint density at radius 2 is 2.14 bits per heavy atom. The molecule has 2 nitrogen and oxygen atoms in total. The van der Waals surface area contributed by atoms with Gasteiger partial charge in [0.1, 0.15) is 0 Å². The predicted octanol–water partition coefficient (Wildman–Crippen LogP) is 3.67. The number of thiophene rings is 2. The first-order valence-corrected chi connectivity index (χ1v) is 6.59. The number of nitrogen functional groups attached to an aromatic ring is 1. The van der Waals surface area contributed by atoms with Crippen molar-refractivity contribution in [3.05, 3.63) is 22.9 Å². The van der Waals surface area contributed by atoms with Gasteiger partial charge in [-0.2, -0.15) is 0 Å². The van der Waals surface area contributed by atoms with Gasteiger partial charge in [0.05, 0.1) is 10.6 Å². The van der Waals surface area contributed by atoms with Gasteiger partial charge in [-0.25, -0.2) is 4.98 Å². The summed E-state index contributed by atoms with van der Waals surface area (Å²) in [6, 6.07) is 4.32. The second kappa shape index (κ2) is 3.05. The topological polar surface area (TPSA) is 38.9 Å². The fourth-order valence-electron chi connectivity index (χ4n) is 1.29. The number of hydrogen-bond donors (Lipinski definition) is 1. The number of nitrogens with zero attached hydrogens (tertiary/aromatic N) is 1. The third-order valence-corrected chi connectivity index (χ3v) is 4.70. The fraction of sp³-hybridized carbons (Fsp3) is 0. The van der Waals surface area contributed by atoms with Crippen LogP contribution in [0.25, 0.3) is 20.0 Å². The predicted molar refractivity (Wildman–Crippen MR) is 65.2 cm³/mol. The number of rotatable bonds is 1. The van der Waals surface area contributed by atoms with E-state index in [1.165, 1.54) is 25.6 Å². The maximum atomic E-state index is 5.60. The number of thiazole rings is 1. The molecular formula is C9H6N2S3. The molecule has 0 radical (unpaired) electrons. The summed E-state index contributed by atoms with van der Waals surface area (Å²) in [6.07, 6.45) is 0. The maximum absolute atomic E-state index is 5.60. The van der Waals surface area contributed by atoms with E-state index in [2.05, 4.69) is 22.5 Å². The summed E-state index contributed by atoms with van der Waals surface area (Å²) >= 11 is 5.02. The average Bonchev–Trinajstić information content (AvgIpc) is 2.75. The lowest BCUT2D eigenvalue weighted by Gasteiger charge is -1.85. The molecule has 70 valence electrons. The van der Waals surface area contributed by atoms with Crippen LogP contribution in [0.4, 0.5) is 5.13 Å². The van der Waals surface area contributed by atoms with Crippen LogP contribution < -0.4 is 5.73 Å². The van der Waals surface area contributed by atoms with E-state index in [1.54, 1.807) is 22.7 Å². The smallest absolute Gasteiger partial charge is 0.180 e. The molecule has 3 rings (SSSR count). The first-order chi connectivity index (χ1) is 6.83. The molecule has 0 amide bonds. The Bertz CT molecular complexity index is 547. The second-order valence-corrected chi connectivity index (χ2v) is 5.75. The average molecular weight is 238 g/mol. The van der Waals surface area contributed by atoms with Crippen LogP contribution in [0, 0.1) is 0 Å². The van der Waals surface area contributed by atoms with E-state index in [4.69, 9.17) is 5.73 Å². The van der Waals surface area contributed by atoms with Crippen LogP contribution in [-0.2, 0) is 0 Å². The van der Waals surface area contributed by atoms with Crippen LogP contribution in [-0.4, -0.2) is 4.98 Å². The molecule has 3 heterocycles. The van der Waals surface area contributed by atoms with Crippen molar-refractivity contribution in [2.45, 2.75) is 0 Å². The lowest BCUT2D eigenvalue weighted by molar-refractivity contribution is 1.43. The van der Waals surface area contributed by atoms with Crippen molar-refractivity contribution in [3.8, 4) is 10.6 Å². The minimum Gasteiger partial charge on any atom is -0.375 e. The lowest BCUT2D eigenvalue weighted by atomic mass is 10.4. The third kappa shape index (κ3) is 1.25. The van der Waals surface area contributed by atoms with Crippen molar-refractivity contribution < 1.29 is 0 Å². The molecular weight excluding hydrogens is 232 g/mol. The molecule has 0 aromatic carbocycles. The van der Waals surface area contributed by atoms with Crippen LogP contribution in [0.5, 0.6) is 0 Å². The van der Waals surface area contributed by atoms with E-state index in [0.29, 0.717) is 5.13 Å². The number of nitrogens with two attached hydrogens (primary N) is 1. The Morgan fingerprint density at radius 3 is 2.86 bits per heavy atom. The van der Waals surface area contributed by atoms with Crippen LogP contribution in [0.1, 0.15) is 0 Å². The van der Waals surface area contributed by atoms with Crippen molar-refractivity contribution in [1.29, 1.82) is 0 Å². The highest BCUT2D eigenvalue weighted by molar-refractivity contribution is 7.28. The maximum Gasteiger partial charge on any atom is 0.180 e. The second-order valence-electron chi connectivity index (χ2n) is 2.83. The fourth-order valence-corrected chi connectivity index (χ4v) is 4.00. The summed E-state index contributed by atoms with van der Waals surface area (Å²) in [7, 11) is 0. The SMILES string of the molecule is Nc1nc(-c2cc3sccc3s2)cs1. The van der Waals surface area contributed by atoms with Crippen LogP contribution in [0.2, 0.25) is 0 Å². The van der Waals surface area contributed by atoms with Gasteiger partial charge in [0, 0.05) is 14.8 Å². The quantitative estimate of drug-likeness (QED) is 0.702. The van der Waals surface area contributed by atoms with Crippen LogP contribution >= 0.6 is 34.0 Å². The first-order valence-electron chi connectivity index (χ1n) is 4.01. The molecule has 0 bridgehead atoms. The number of aromatic nitrogens is 1. The molecule has 5 heteroatoms. The van der Waals surface area contributed by atoms with Crippen molar-refractivity contribution in [2.24, 2.45) is 0 Å². The van der Waals surface area contributed by atoms with Gasteiger partial charge in [-0.15, -0.1) is 34.0 Å². The zero-order chi connectivity index (χ0) is 9.54. The Labute approximate surface area is 92.7 Å². The summed E-state index contributed by atoms with van der Waals surface area (Å²) < 4.78 is 2.66. The largest absolute Gasteiger partial charge is 0.375 e. The van der Waals surface area contributed by atoms with Gasteiger partial charge < -0.3 is 5.73 Å². The summed E-state index contributed by atoms with van der Waals surface area (Å²) in [5.41, 5.74) is 6.60. The van der Waals surface area contributed by atoms with Gasteiger partial charge in [0.2, 0.25) is 0 Å². The third-order valence-electron chi connectivity index (χ3n) is 1.91. The summed E-state index contributed by atoms with van der Waals surface area (Å²) in [4.78, 5) is 5.48. The standard InChI is InChI=1S/C9H6N2S3/c10-9-11-5(4-13-9)7-3-8-6(14-7)1-2-12-8/h1-4H,(H2,10,11). The van der Waals surface area contributed by atoms with Crippen molar-refractivity contribution >= 4 is 48.5 Å². The first kappa shape index (κ1) is 8.40. The van der Waals surface area contributed by atoms with Crippen molar-refractivity contribution in [1.82, 2.24) is 4.98 Å². The molecule has 0 saturated heterocycles. The lowest BCUT2D eigenvalue weighted by Crippen LogP contribution is -1.80. The van der Waals surface area contributed by atoms with E-state index >= 15 is 0 Å². The van der Waals surface area contributed by atoms with Gasteiger partial charge >= 0.3 is 0 Å². The van der Waals surface area contributed by atoms with Gasteiger partial charge in [-0.05, 0) is 17.5 Å². The Hall–Kier alpha value is -0.910. The van der Waals surface area contributed by atoms with Crippen LogP contribution in [0.15, 0.2) is 22.9 Å². The minimum absolute atomic E-state index is 0.636. The number of anilines is 1. The number of hydrogen-bond acceptors (Lipinski definition) is 5. The normalized spacial score (nSPS) is 11.1. The molecule has 0 atom stereocenters. The molecule has 0 spiro atoms. The van der Waals surface area contributed by atoms with Gasteiger partial charge in [0.25, 0.3) is 0 Å². The molecule has 0 aliphatic carbocycles. The highest BCUT2D eigenvalue weighted by Crippen LogP contribution is 2.36. The molecule has 0 aliphatic heterocycles. The van der Waals surface area contributed by atoms with E-state index in [0.717, 1.165) is 5.69 Å². The van der Waals surface area contributed by atoms with Gasteiger partial charge in [0.15, 0.2) is 5.13 Å². The summed E-state index contributed by atoms with van der Waals surface area (Å²) in [5.74, 6) is 0. The summed E-state index contributed by atoms with van der Waals surface area (Å²) in [5, 5.41) is 4.75. The zero-order valence-electron chi connectivity index (χ0n) is 7.06. The zero-order valence-corrected chi connectivity index (χ0v) is 9.51. The van der Waals surface area contributed by atoms with Gasteiger partial charge in [-0.1, -0.05) is 0 Å². The molecule has 3 aromatic heterocycles. The molecule has 3 aromatic rings. The monoisotopic (exact) mass is 238 g/mol. The van der Waals surface area contributed by atoms with Crippen molar-refractivity contribution in [2.75, 3.05) is 5.73 Å². The van der Waals surface area contributed by atoms with E-state index in [1.807, 2.05) is 5.38 Å². The Kier molecular flexibility index (Phi) is 1.83. The van der Waals surface area contributed by atoms with E-state index in [9.17, 15) is 0 Å². The highest BCUT2D eigenvalue weighted by Gasteiger charge is 2.07. The van der Waals surface area contributed by atoms with E-state index < -0.39 is 0 Å². The van der Waals surface area contributed by atoms with E-state index in [-0.39, 0.29) is 0 Å².